The van der Waals surface area contributed by atoms with Gasteiger partial charge in [0.15, 0.2) is 0 Å². The largest absolute Gasteiger partial charge is 0.507 e. The lowest BCUT2D eigenvalue weighted by Gasteiger charge is -2.37. The van der Waals surface area contributed by atoms with Crippen LogP contribution in [0.4, 0.5) is 0 Å². The molecule has 1 fully saturated rings. The van der Waals surface area contributed by atoms with Crippen molar-refractivity contribution in [1.82, 2.24) is 4.90 Å². The van der Waals surface area contributed by atoms with Crippen LogP contribution in [0.2, 0.25) is 0 Å². The number of halogens is 2. The summed E-state index contributed by atoms with van der Waals surface area (Å²) in [4.78, 5) is 14.2. The van der Waals surface area contributed by atoms with Gasteiger partial charge in [-0.15, -0.1) is 11.6 Å². The van der Waals surface area contributed by atoms with Crippen LogP contribution in [0.25, 0.3) is 0 Å². The second kappa shape index (κ2) is 5.93. The van der Waals surface area contributed by atoms with Crippen molar-refractivity contribution in [1.29, 1.82) is 0 Å². The number of nitrogens with zero attached hydrogens (tertiary/aromatic N) is 1. The summed E-state index contributed by atoms with van der Waals surface area (Å²) in [5.74, 6) is 0.466. The minimum atomic E-state index is -0.0526. The molecule has 0 radical (unpaired) electrons. The number of hydrogen-bond acceptors (Lipinski definition) is 2. The Morgan fingerprint density at radius 2 is 2.22 bits per heavy atom. The molecule has 1 aromatic carbocycles. The molecule has 1 aromatic rings. The molecule has 0 bridgehead atoms. The summed E-state index contributed by atoms with van der Waals surface area (Å²) in [5.41, 5.74) is 0.507. The fraction of sp³-hybridized carbons (Fsp3) is 0.462. The van der Waals surface area contributed by atoms with Gasteiger partial charge in [0.25, 0.3) is 5.91 Å². The lowest BCUT2D eigenvalue weighted by Crippen LogP contribution is -2.45. The molecular formula is C13H15BrClNO2. The molecule has 1 aliphatic rings. The molecule has 1 aliphatic carbocycles. The van der Waals surface area contributed by atoms with Crippen LogP contribution in [0.5, 0.6) is 5.75 Å². The standard InChI is InChI=1S/C13H15BrClNO2/c14-11-5-4-9(8-12(11)17)13(18)16(7-6-15)10-2-1-3-10/h4-5,8,10,17H,1-3,6-7H2. The van der Waals surface area contributed by atoms with Crippen molar-refractivity contribution in [3.8, 4) is 5.75 Å². The number of phenols is 1. The zero-order valence-corrected chi connectivity index (χ0v) is 12.2. The highest BCUT2D eigenvalue weighted by molar-refractivity contribution is 9.10. The zero-order chi connectivity index (χ0) is 13.1. The Balaban J connectivity index is 2.18. The number of amides is 1. The first-order chi connectivity index (χ1) is 8.63. The van der Waals surface area contributed by atoms with Gasteiger partial charge in [-0.25, -0.2) is 0 Å². The van der Waals surface area contributed by atoms with E-state index in [2.05, 4.69) is 15.9 Å². The number of alkyl halides is 1. The van der Waals surface area contributed by atoms with E-state index >= 15 is 0 Å². The number of phenolic OH excluding ortho intramolecular Hbond substituents is 1. The summed E-state index contributed by atoms with van der Waals surface area (Å²) in [6.45, 7) is 0.557. The number of rotatable bonds is 4. The Morgan fingerprint density at radius 3 is 2.72 bits per heavy atom. The van der Waals surface area contributed by atoms with Crippen molar-refractivity contribution in [3.63, 3.8) is 0 Å². The van der Waals surface area contributed by atoms with Crippen LogP contribution in [-0.4, -0.2) is 34.4 Å². The topological polar surface area (TPSA) is 40.5 Å². The molecule has 5 heteroatoms. The lowest BCUT2D eigenvalue weighted by atomic mass is 9.91. The van der Waals surface area contributed by atoms with Crippen molar-refractivity contribution in [2.75, 3.05) is 12.4 Å². The van der Waals surface area contributed by atoms with E-state index in [1.807, 2.05) is 4.90 Å². The fourth-order valence-electron chi connectivity index (χ4n) is 2.05. The number of hydrogen-bond donors (Lipinski definition) is 1. The van der Waals surface area contributed by atoms with Crippen molar-refractivity contribution < 1.29 is 9.90 Å². The van der Waals surface area contributed by atoms with Gasteiger partial charge in [0.1, 0.15) is 5.75 Å². The Bertz CT molecular complexity index is 449. The third-order valence-corrected chi connectivity index (χ3v) is 4.13. The Kier molecular flexibility index (Phi) is 4.51. The van der Waals surface area contributed by atoms with Gasteiger partial charge >= 0.3 is 0 Å². The second-order valence-corrected chi connectivity index (χ2v) is 5.67. The van der Waals surface area contributed by atoms with E-state index in [-0.39, 0.29) is 11.7 Å². The maximum absolute atomic E-state index is 12.4. The first kappa shape index (κ1) is 13.7. The molecular weight excluding hydrogens is 318 g/mol. The summed E-state index contributed by atoms with van der Waals surface area (Å²) in [7, 11) is 0. The maximum Gasteiger partial charge on any atom is 0.254 e. The van der Waals surface area contributed by atoms with E-state index < -0.39 is 0 Å². The molecule has 0 heterocycles. The first-order valence-electron chi connectivity index (χ1n) is 5.99. The van der Waals surface area contributed by atoms with Gasteiger partial charge in [0.05, 0.1) is 4.47 Å². The van der Waals surface area contributed by atoms with Crippen LogP contribution in [0, 0.1) is 0 Å². The first-order valence-corrected chi connectivity index (χ1v) is 7.31. The number of aromatic hydroxyl groups is 1. The molecule has 0 spiro atoms. The molecule has 0 atom stereocenters. The molecule has 0 aliphatic heterocycles. The van der Waals surface area contributed by atoms with Crippen LogP contribution in [0.15, 0.2) is 22.7 Å². The van der Waals surface area contributed by atoms with Crippen LogP contribution >= 0.6 is 27.5 Å². The normalized spacial score (nSPS) is 15.2. The van der Waals surface area contributed by atoms with Crippen molar-refractivity contribution in [3.05, 3.63) is 28.2 Å². The van der Waals surface area contributed by atoms with Gasteiger partial charge in [-0.05, 0) is 53.4 Å². The third-order valence-electron chi connectivity index (χ3n) is 3.29. The predicted molar refractivity (Wildman–Crippen MR) is 75.2 cm³/mol. The summed E-state index contributed by atoms with van der Waals surface area (Å²) < 4.78 is 0.589. The van der Waals surface area contributed by atoms with Crippen molar-refractivity contribution in [2.45, 2.75) is 25.3 Å². The Hall–Kier alpha value is -0.740. The van der Waals surface area contributed by atoms with Gasteiger partial charge in [-0.2, -0.15) is 0 Å². The predicted octanol–water partition coefficient (Wildman–Crippen LogP) is 3.39. The highest BCUT2D eigenvalue weighted by Gasteiger charge is 2.29. The molecule has 2 rings (SSSR count). The zero-order valence-electron chi connectivity index (χ0n) is 9.90. The summed E-state index contributed by atoms with van der Waals surface area (Å²) in [5, 5.41) is 9.63. The van der Waals surface area contributed by atoms with Gasteiger partial charge < -0.3 is 10.0 Å². The molecule has 0 unspecified atom stereocenters. The minimum absolute atomic E-state index is 0.0526. The summed E-state index contributed by atoms with van der Waals surface area (Å²) in [6.07, 6.45) is 3.26. The smallest absolute Gasteiger partial charge is 0.254 e. The van der Waals surface area contributed by atoms with E-state index in [1.54, 1.807) is 12.1 Å². The second-order valence-electron chi connectivity index (χ2n) is 4.44. The van der Waals surface area contributed by atoms with Crippen LogP contribution < -0.4 is 0 Å². The monoisotopic (exact) mass is 331 g/mol. The van der Waals surface area contributed by atoms with Crippen LogP contribution in [0.1, 0.15) is 29.6 Å². The molecule has 1 saturated carbocycles. The van der Waals surface area contributed by atoms with E-state index in [1.165, 1.54) is 12.5 Å². The van der Waals surface area contributed by atoms with E-state index in [4.69, 9.17) is 11.6 Å². The highest BCUT2D eigenvalue weighted by Crippen LogP contribution is 2.28. The Labute approximate surface area is 120 Å². The molecule has 3 nitrogen and oxygen atoms in total. The number of benzene rings is 1. The minimum Gasteiger partial charge on any atom is -0.507 e. The average Bonchev–Trinajstić information content (AvgIpc) is 2.29. The van der Waals surface area contributed by atoms with E-state index in [9.17, 15) is 9.90 Å². The fourth-order valence-corrected chi connectivity index (χ4v) is 2.48. The molecule has 1 amide bonds. The average molecular weight is 333 g/mol. The lowest BCUT2D eigenvalue weighted by molar-refractivity contribution is 0.0597. The number of carbonyl (C=O) groups is 1. The van der Waals surface area contributed by atoms with Crippen LogP contribution in [0.3, 0.4) is 0 Å². The van der Waals surface area contributed by atoms with Crippen LogP contribution in [-0.2, 0) is 0 Å². The molecule has 98 valence electrons. The molecule has 0 aromatic heterocycles. The Morgan fingerprint density at radius 1 is 1.50 bits per heavy atom. The van der Waals surface area contributed by atoms with E-state index in [0.717, 1.165) is 12.8 Å². The highest BCUT2D eigenvalue weighted by atomic mass is 79.9. The van der Waals surface area contributed by atoms with Gasteiger partial charge in [0, 0.05) is 24.0 Å². The quantitative estimate of drug-likeness (QED) is 0.859. The van der Waals surface area contributed by atoms with Gasteiger partial charge in [0.2, 0.25) is 0 Å². The molecule has 18 heavy (non-hydrogen) atoms. The number of carbonyl (C=O) groups excluding carboxylic acids is 1. The third kappa shape index (κ3) is 2.81. The van der Waals surface area contributed by atoms with Crippen molar-refractivity contribution in [2.24, 2.45) is 0 Å². The summed E-state index contributed by atoms with van der Waals surface area (Å²) >= 11 is 8.96. The maximum atomic E-state index is 12.4. The molecule has 1 N–H and O–H groups in total. The molecule has 0 saturated heterocycles. The SMILES string of the molecule is O=C(c1ccc(Br)c(O)c1)N(CCCl)C1CCC1. The van der Waals surface area contributed by atoms with Crippen molar-refractivity contribution >= 4 is 33.4 Å². The van der Waals surface area contributed by atoms with Gasteiger partial charge in [-0.1, -0.05) is 0 Å². The summed E-state index contributed by atoms with van der Waals surface area (Å²) in [6, 6.07) is 5.20. The van der Waals surface area contributed by atoms with E-state index in [0.29, 0.717) is 28.5 Å². The van der Waals surface area contributed by atoms with Gasteiger partial charge in [-0.3, -0.25) is 4.79 Å².